The zero-order valence-corrected chi connectivity index (χ0v) is 16.7. The van der Waals surface area contributed by atoms with E-state index in [9.17, 15) is 9.59 Å². The van der Waals surface area contributed by atoms with E-state index in [0.29, 0.717) is 17.0 Å². The SMILES string of the molecule is O=C(O)COc1cc(NC(=O)Cc2ccccc2)ccc1-c1nc2ccccc2s1. The Balaban J connectivity index is 1.60. The van der Waals surface area contributed by atoms with Crippen molar-refractivity contribution in [3.8, 4) is 16.3 Å². The van der Waals surface area contributed by atoms with Gasteiger partial charge in [0.25, 0.3) is 0 Å². The monoisotopic (exact) mass is 418 g/mol. The molecule has 0 aliphatic rings. The van der Waals surface area contributed by atoms with E-state index in [1.54, 1.807) is 18.2 Å². The highest BCUT2D eigenvalue weighted by atomic mass is 32.1. The van der Waals surface area contributed by atoms with Crippen LogP contribution in [0.25, 0.3) is 20.8 Å². The fourth-order valence-electron chi connectivity index (χ4n) is 3.01. The maximum Gasteiger partial charge on any atom is 0.341 e. The van der Waals surface area contributed by atoms with Gasteiger partial charge in [0.15, 0.2) is 6.61 Å². The lowest BCUT2D eigenvalue weighted by atomic mass is 10.1. The molecule has 0 unspecified atom stereocenters. The zero-order valence-electron chi connectivity index (χ0n) is 15.9. The summed E-state index contributed by atoms with van der Waals surface area (Å²) in [6.07, 6.45) is 0.242. The number of aliphatic carboxylic acids is 1. The fourth-order valence-corrected chi connectivity index (χ4v) is 4.01. The number of carbonyl (C=O) groups excluding carboxylic acids is 1. The average Bonchev–Trinajstić information content (AvgIpc) is 3.17. The first-order valence-electron chi connectivity index (χ1n) is 9.27. The minimum absolute atomic E-state index is 0.168. The van der Waals surface area contributed by atoms with Crippen LogP contribution >= 0.6 is 11.3 Å². The molecule has 0 saturated heterocycles. The first kappa shape index (κ1) is 19.6. The summed E-state index contributed by atoms with van der Waals surface area (Å²) in [5, 5.41) is 12.6. The van der Waals surface area contributed by atoms with Gasteiger partial charge < -0.3 is 15.2 Å². The molecule has 1 amide bonds. The molecule has 0 saturated carbocycles. The number of carbonyl (C=O) groups is 2. The van der Waals surface area contributed by atoms with Gasteiger partial charge in [0.2, 0.25) is 5.91 Å². The Morgan fingerprint density at radius 1 is 1.00 bits per heavy atom. The van der Waals surface area contributed by atoms with Crippen LogP contribution in [-0.4, -0.2) is 28.6 Å². The van der Waals surface area contributed by atoms with Gasteiger partial charge in [0.1, 0.15) is 10.8 Å². The van der Waals surface area contributed by atoms with E-state index in [2.05, 4.69) is 10.3 Å². The summed E-state index contributed by atoms with van der Waals surface area (Å²) in [6.45, 7) is -0.487. The minimum atomic E-state index is -1.08. The quantitative estimate of drug-likeness (QED) is 0.458. The van der Waals surface area contributed by atoms with E-state index in [1.165, 1.54) is 11.3 Å². The molecule has 0 atom stereocenters. The van der Waals surface area contributed by atoms with Crippen molar-refractivity contribution in [1.29, 1.82) is 0 Å². The van der Waals surface area contributed by atoms with Crippen molar-refractivity contribution in [1.82, 2.24) is 4.98 Å². The van der Waals surface area contributed by atoms with Crippen LogP contribution in [0.15, 0.2) is 72.8 Å². The summed E-state index contributed by atoms with van der Waals surface area (Å²) >= 11 is 1.49. The summed E-state index contributed by atoms with van der Waals surface area (Å²) in [6, 6.07) is 22.4. The van der Waals surface area contributed by atoms with Gasteiger partial charge in [-0.15, -0.1) is 11.3 Å². The van der Waals surface area contributed by atoms with Gasteiger partial charge in [-0.05, 0) is 29.8 Å². The first-order chi connectivity index (χ1) is 14.6. The number of hydrogen-bond acceptors (Lipinski definition) is 5. The number of rotatable bonds is 7. The van der Waals surface area contributed by atoms with Gasteiger partial charge in [-0.25, -0.2) is 9.78 Å². The van der Waals surface area contributed by atoms with Crippen molar-refractivity contribution >= 4 is 39.1 Å². The number of aromatic nitrogens is 1. The van der Waals surface area contributed by atoms with Gasteiger partial charge >= 0.3 is 5.97 Å². The highest BCUT2D eigenvalue weighted by Crippen LogP contribution is 2.37. The fraction of sp³-hybridized carbons (Fsp3) is 0.0870. The Kier molecular flexibility index (Phi) is 5.72. The highest BCUT2D eigenvalue weighted by Gasteiger charge is 2.15. The van der Waals surface area contributed by atoms with Crippen molar-refractivity contribution in [2.75, 3.05) is 11.9 Å². The van der Waals surface area contributed by atoms with Crippen molar-refractivity contribution in [2.45, 2.75) is 6.42 Å². The van der Waals surface area contributed by atoms with Crippen molar-refractivity contribution in [3.05, 3.63) is 78.4 Å². The predicted octanol–water partition coefficient (Wildman–Crippen LogP) is 4.61. The second-order valence-electron chi connectivity index (χ2n) is 6.59. The molecule has 4 rings (SSSR count). The molecule has 3 aromatic carbocycles. The summed E-state index contributed by atoms with van der Waals surface area (Å²) < 4.78 is 6.53. The van der Waals surface area contributed by atoms with E-state index < -0.39 is 12.6 Å². The number of para-hydroxylation sites is 1. The molecule has 0 bridgehead atoms. The Hall–Kier alpha value is -3.71. The number of amides is 1. The number of thiazole rings is 1. The van der Waals surface area contributed by atoms with Crippen LogP contribution in [0.1, 0.15) is 5.56 Å². The molecule has 0 radical (unpaired) electrons. The van der Waals surface area contributed by atoms with E-state index >= 15 is 0 Å². The second-order valence-corrected chi connectivity index (χ2v) is 7.62. The molecule has 2 N–H and O–H groups in total. The number of ether oxygens (including phenoxy) is 1. The molecule has 0 aliphatic heterocycles. The van der Waals surface area contributed by atoms with Gasteiger partial charge in [-0.2, -0.15) is 0 Å². The van der Waals surface area contributed by atoms with E-state index in [1.807, 2.05) is 54.6 Å². The van der Waals surface area contributed by atoms with Crippen LogP contribution in [-0.2, 0) is 16.0 Å². The average molecular weight is 418 g/mol. The Morgan fingerprint density at radius 3 is 2.53 bits per heavy atom. The van der Waals surface area contributed by atoms with Crippen molar-refractivity contribution < 1.29 is 19.4 Å². The number of nitrogens with one attached hydrogen (secondary N) is 1. The van der Waals surface area contributed by atoms with Crippen LogP contribution in [0.2, 0.25) is 0 Å². The molecule has 150 valence electrons. The van der Waals surface area contributed by atoms with Gasteiger partial charge in [-0.1, -0.05) is 42.5 Å². The standard InChI is InChI=1S/C23H18N2O4S/c26-21(12-15-6-2-1-3-7-15)24-16-10-11-17(19(13-16)29-14-22(27)28)23-25-18-8-4-5-9-20(18)30-23/h1-11,13H,12,14H2,(H,24,26)(H,27,28). The van der Waals surface area contributed by atoms with E-state index in [0.717, 1.165) is 20.8 Å². The van der Waals surface area contributed by atoms with Crippen LogP contribution in [0.4, 0.5) is 5.69 Å². The minimum Gasteiger partial charge on any atom is -0.481 e. The van der Waals surface area contributed by atoms with Gasteiger partial charge in [-0.3, -0.25) is 4.79 Å². The molecule has 7 heteroatoms. The van der Waals surface area contributed by atoms with E-state index in [4.69, 9.17) is 9.84 Å². The molecular weight excluding hydrogens is 400 g/mol. The Morgan fingerprint density at radius 2 is 1.77 bits per heavy atom. The van der Waals surface area contributed by atoms with Crippen LogP contribution < -0.4 is 10.1 Å². The third-order valence-electron chi connectivity index (χ3n) is 4.35. The van der Waals surface area contributed by atoms with Gasteiger partial charge in [0.05, 0.1) is 22.2 Å². The molecule has 6 nitrogen and oxygen atoms in total. The number of nitrogens with zero attached hydrogens (tertiary/aromatic N) is 1. The largest absolute Gasteiger partial charge is 0.481 e. The molecule has 4 aromatic rings. The lowest BCUT2D eigenvalue weighted by molar-refractivity contribution is -0.139. The Labute approximate surface area is 176 Å². The van der Waals surface area contributed by atoms with Crippen LogP contribution in [0.3, 0.4) is 0 Å². The summed E-state index contributed by atoms with van der Waals surface area (Å²) in [7, 11) is 0. The summed E-state index contributed by atoms with van der Waals surface area (Å²) in [5.74, 6) is -0.893. The normalized spacial score (nSPS) is 10.7. The second kappa shape index (κ2) is 8.75. The third kappa shape index (κ3) is 4.64. The lowest BCUT2D eigenvalue weighted by Gasteiger charge is -2.12. The van der Waals surface area contributed by atoms with Crippen LogP contribution in [0, 0.1) is 0 Å². The molecule has 1 heterocycles. The smallest absolute Gasteiger partial charge is 0.341 e. The third-order valence-corrected chi connectivity index (χ3v) is 5.42. The molecule has 30 heavy (non-hydrogen) atoms. The van der Waals surface area contributed by atoms with Crippen LogP contribution in [0.5, 0.6) is 5.75 Å². The molecule has 0 aliphatic carbocycles. The predicted molar refractivity (Wildman–Crippen MR) is 117 cm³/mol. The number of carboxylic acid groups (broad SMARTS) is 1. The molecular formula is C23H18N2O4S. The number of anilines is 1. The summed E-state index contributed by atoms with van der Waals surface area (Å²) in [5.41, 5.74) is 2.98. The lowest BCUT2D eigenvalue weighted by Crippen LogP contribution is -2.15. The number of fused-ring (bicyclic) bond motifs is 1. The highest BCUT2D eigenvalue weighted by molar-refractivity contribution is 7.21. The molecule has 0 fully saturated rings. The topological polar surface area (TPSA) is 88.5 Å². The zero-order chi connectivity index (χ0) is 20.9. The first-order valence-corrected chi connectivity index (χ1v) is 10.1. The number of hydrogen-bond donors (Lipinski definition) is 2. The maximum absolute atomic E-state index is 12.4. The van der Waals surface area contributed by atoms with E-state index in [-0.39, 0.29) is 12.3 Å². The molecule has 0 spiro atoms. The van der Waals surface area contributed by atoms with Crippen molar-refractivity contribution in [3.63, 3.8) is 0 Å². The maximum atomic E-state index is 12.4. The summed E-state index contributed by atoms with van der Waals surface area (Å²) in [4.78, 5) is 28.0. The van der Waals surface area contributed by atoms with Crippen molar-refractivity contribution in [2.24, 2.45) is 0 Å². The Bertz CT molecular complexity index is 1170. The number of benzene rings is 3. The molecule has 1 aromatic heterocycles. The van der Waals surface area contributed by atoms with Gasteiger partial charge in [0, 0.05) is 11.8 Å². The number of carboxylic acids is 1.